The summed E-state index contributed by atoms with van der Waals surface area (Å²) in [5.74, 6) is 1.00. The molecule has 0 amide bonds. The Bertz CT molecular complexity index is 300. The molecule has 11 heavy (non-hydrogen) atoms. The van der Waals surface area contributed by atoms with Crippen molar-refractivity contribution in [2.45, 2.75) is 0 Å². The van der Waals surface area contributed by atoms with E-state index < -0.39 is 11.0 Å². The van der Waals surface area contributed by atoms with Gasteiger partial charge in [-0.2, -0.15) is 0 Å². The Morgan fingerprint density at radius 2 is 2.27 bits per heavy atom. The van der Waals surface area contributed by atoms with Gasteiger partial charge in [-0.25, -0.2) is 4.21 Å². The molecular weight excluding hydrogens is 162 g/mol. The van der Waals surface area contributed by atoms with Crippen LogP contribution < -0.4 is 9.46 Å². The second-order valence-corrected chi connectivity index (χ2v) is 3.34. The summed E-state index contributed by atoms with van der Waals surface area (Å²) >= 11 is 0. The van der Waals surface area contributed by atoms with Gasteiger partial charge in [-0.15, -0.1) is 0 Å². The van der Waals surface area contributed by atoms with Gasteiger partial charge < -0.3 is 4.74 Å². The maximum Gasteiger partial charge on any atom is 0.182 e. The van der Waals surface area contributed by atoms with E-state index in [4.69, 9.17) is 4.74 Å². The highest BCUT2D eigenvalue weighted by Crippen LogP contribution is 2.26. The standard InChI is InChI=1S/C7H7NO2S/c9-11-5-10-7-4-2-1-3-6(7)8-11/h1-4,8H,5H2. The molecule has 1 aromatic carbocycles. The van der Waals surface area contributed by atoms with Gasteiger partial charge in [-0.1, -0.05) is 12.1 Å². The van der Waals surface area contributed by atoms with Crippen molar-refractivity contribution in [3.05, 3.63) is 24.3 Å². The predicted molar refractivity (Wildman–Crippen MR) is 43.7 cm³/mol. The molecular formula is C7H7NO2S. The average molecular weight is 169 g/mol. The molecule has 2 rings (SSSR count). The normalized spacial score (nSPS) is 21.3. The number of nitrogens with one attached hydrogen (secondary N) is 1. The fourth-order valence-electron chi connectivity index (χ4n) is 0.946. The molecule has 4 heteroatoms. The molecule has 0 bridgehead atoms. The number of para-hydroxylation sites is 2. The molecule has 1 aliphatic rings. The second-order valence-electron chi connectivity index (χ2n) is 2.21. The fourth-order valence-corrected chi connectivity index (χ4v) is 1.65. The number of anilines is 1. The van der Waals surface area contributed by atoms with E-state index in [1.165, 1.54) is 0 Å². The van der Waals surface area contributed by atoms with Crippen molar-refractivity contribution in [3.63, 3.8) is 0 Å². The molecule has 0 spiro atoms. The lowest BCUT2D eigenvalue weighted by molar-refractivity contribution is 0.384. The Hall–Kier alpha value is -1.03. The lowest BCUT2D eigenvalue weighted by Crippen LogP contribution is -2.18. The highest BCUT2D eigenvalue weighted by molar-refractivity contribution is 7.86. The molecule has 1 heterocycles. The molecule has 1 aliphatic heterocycles. The largest absolute Gasteiger partial charge is 0.476 e. The van der Waals surface area contributed by atoms with Crippen molar-refractivity contribution >= 4 is 16.7 Å². The number of ether oxygens (including phenoxy) is 1. The summed E-state index contributed by atoms with van der Waals surface area (Å²) in [6.07, 6.45) is 0. The van der Waals surface area contributed by atoms with Crippen molar-refractivity contribution in [1.29, 1.82) is 0 Å². The molecule has 0 saturated carbocycles. The zero-order valence-electron chi connectivity index (χ0n) is 5.74. The summed E-state index contributed by atoms with van der Waals surface area (Å²) in [5, 5.41) is 0. The van der Waals surface area contributed by atoms with Crippen LogP contribution in [-0.4, -0.2) is 10.1 Å². The van der Waals surface area contributed by atoms with E-state index in [0.29, 0.717) is 0 Å². The van der Waals surface area contributed by atoms with Crippen LogP contribution in [0.5, 0.6) is 5.75 Å². The van der Waals surface area contributed by atoms with Gasteiger partial charge in [0.2, 0.25) is 0 Å². The molecule has 0 fully saturated rings. The van der Waals surface area contributed by atoms with Crippen LogP contribution >= 0.6 is 0 Å². The Kier molecular flexibility index (Phi) is 1.54. The minimum Gasteiger partial charge on any atom is -0.476 e. The summed E-state index contributed by atoms with van der Waals surface area (Å²) in [5.41, 5.74) is 0.803. The average Bonchev–Trinajstić information content (AvgIpc) is 2.04. The Balaban J connectivity index is 2.41. The van der Waals surface area contributed by atoms with Gasteiger partial charge in [0.15, 0.2) is 16.9 Å². The lowest BCUT2D eigenvalue weighted by Gasteiger charge is -2.17. The Morgan fingerprint density at radius 3 is 3.18 bits per heavy atom. The third-order valence-corrected chi connectivity index (χ3v) is 2.21. The number of benzene rings is 1. The Labute approximate surface area is 67.0 Å². The Morgan fingerprint density at radius 1 is 1.45 bits per heavy atom. The molecule has 1 aromatic rings. The zero-order valence-corrected chi connectivity index (χ0v) is 6.56. The second kappa shape index (κ2) is 2.54. The van der Waals surface area contributed by atoms with Crippen molar-refractivity contribution in [1.82, 2.24) is 0 Å². The molecule has 58 valence electrons. The van der Waals surface area contributed by atoms with Gasteiger partial charge in [-0.3, -0.25) is 4.72 Å². The van der Waals surface area contributed by atoms with Crippen LogP contribution in [0.15, 0.2) is 24.3 Å². The first kappa shape index (κ1) is 6.67. The molecule has 1 N–H and O–H groups in total. The molecule has 1 unspecified atom stereocenters. The number of hydrogen-bond donors (Lipinski definition) is 1. The predicted octanol–water partition coefficient (Wildman–Crippen LogP) is 1.11. The quantitative estimate of drug-likeness (QED) is 0.631. The maximum absolute atomic E-state index is 10.9. The van der Waals surface area contributed by atoms with E-state index in [-0.39, 0.29) is 5.94 Å². The SMILES string of the molecule is O=S1COc2ccccc2N1. The minimum atomic E-state index is -1.07. The van der Waals surface area contributed by atoms with Crippen LogP contribution in [0.2, 0.25) is 0 Å². The summed E-state index contributed by atoms with van der Waals surface area (Å²) in [4.78, 5) is 0. The van der Waals surface area contributed by atoms with E-state index in [1.807, 2.05) is 24.3 Å². The van der Waals surface area contributed by atoms with E-state index in [1.54, 1.807) is 0 Å². The third-order valence-electron chi connectivity index (χ3n) is 1.43. The van der Waals surface area contributed by atoms with Crippen molar-refractivity contribution in [2.24, 2.45) is 0 Å². The number of hydrogen-bond acceptors (Lipinski definition) is 2. The smallest absolute Gasteiger partial charge is 0.182 e. The van der Waals surface area contributed by atoms with Crippen molar-refractivity contribution in [2.75, 3.05) is 10.7 Å². The van der Waals surface area contributed by atoms with E-state index in [9.17, 15) is 4.21 Å². The van der Waals surface area contributed by atoms with Crippen LogP contribution in [-0.2, 0) is 11.0 Å². The van der Waals surface area contributed by atoms with E-state index >= 15 is 0 Å². The minimum absolute atomic E-state index is 0.233. The number of rotatable bonds is 0. The highest BCUT2D eigenvalue weighted by Gasteiger charge is 2.12. The highest BCUT2D eigenvalue weighted by atomic mass is 32.2. The topological polar surface area (TPSA) is 38.3 Å². The van der Waals surface area contributed by atoms with Crippen LogP contribution in [0, 0.1) is 0 Å². The molecule has 3 nitrogen and oxygen atoms in total. The molecule has 0 aromatic heterocycles. The molecule has 0 saturated heterocycles. The first-order valence-corrected chi connectivity index (χ1v) is 4.55. The van der Waals surface area contributed by atoms with Crippen molar-refractivity contribution in [3.8, 4) is 5.75 Å². The van der Waals surface area contributed by atoms with Gasteiger partial charge in [0.25, 0.3) is 0 Å². The summed E-state index contributed by atoms with van der Waals surface area (Å²) < 4.78 is 18.9. The van der Waals surface area contributed by atoms with Gasteiger partial charge >= 0.3 is 0 Å². The lowest BCUT2D eigenvalue weighted by atomic mass is 10.3. The third kappa shape index (κ3) is 1.21. The van der Waals surface area contributed by atoms with Gasteiger partial charge in [-0.05, 0) is 12.1 Å². The molecule has 0 aliphatic carbocycles. The van der Waals surface area contributed by atoms with Gasteiger partial charge in [0.05, 0.1) is 5.69 Å². The van der Waals surface area contributed by atoms with E-state index in [2.05, 4.69) is 4.72 Å². The first-order valence-electron chi connectivity index (χ1n) is 3.23. The van der Waals surface area contributed by atoms with Crippen LogP contribution in [0.4, 0.5) is 5.69 Å². The van der Waals surface area contributed by atoms with Crippen LogP contribution in [0.25, 0.3) is 0 Å². The summed E-state index contributed by atoms with van der Waals surface area (Å²) in [6, 6.07) is 7.44. The van der Waals surface area contributed by atoms with E-state index in [0.717, 1.165) is 11.4 Å². The van der Waals surface area contributed by atoms with Crippen molar-refractivity contribution < 1.29 is 8.95 Å². The summed E-state index contributed by atoms with van der Waals surface area (Å²) in [7, 11) is -1.07. The monoisotopic (exact) mass is 169 g/mol. The zero-order chi connectivity index (χ0) is 7.68. The molecule has 1 atom stereocenters. The van der Waals surface area contributed by atoms with Crippen LogP contribution in [0.1, 0.15) is 0 Å². The molecule has 0 radical (unpaired) electrons. The fraction of sp³-hybridized carbons (Fsp3) is 0.143. The number of fused-ring (bicyclic) bond motifs is 1. The summed E-state index contributed by atoms with van der Waals surface area (Å²) in [6.45, 7) is 0. The van der Waals surface area contributed by atoms with Crippen LogP contribution in [0.3, 0.4) is 0 Å². The first-order chi connectivity index (χ1) is 5.36. The van der Waals surface area contributed by atoms with Gasteiger partial charge in [0.1, 0.15) is 5.75 Å². The van der Waals surface area contributed by atoms with Gasteiger partial charge in [0, 0.05) is 0 Å². The maximum atomic E-state index is 10.9.